The van der Waals surface area contributed by atoms with Crippen molar-refractivity contribution in [3.8, 4) is 11.5 Å². The molecule has 128 valence electrons. The van der Waals surface area contributed by atoms with Crippen LogP contribution in [0.1, 0.15) is 35.6 Å². The van der Waals surface area contributed by atoms with E-state index < -0.39 is 5.97 Å². The number of aliphatic carboxylic acids is 1. The zero-order valence-electron chi connectivity index (χ0n) is 14.2. The minimum atomic E-state index is -0.783. The van der Waals surface area contributed by atoms with Gasteiger partial charge in [-0.05, 0) is 42.2 Å². The predicted octanol–water partition coefficient (Wildman–Crippen LogP) is 3.13. The monoisotopic (exact) mass is 329 g/mol. The van der Waals surface area contributed by atoms with Crippen molar-refractivity contribution in [2.75, 3.05) is 14.2 Å². The predicted molar refractivity (Wildman–Crippen MR) is 92.7 cm³/mol. The molecule has 0 saturated heterocycles. The van der Waals surface area contributed by atoms with Crippen LogP contribution in [-0.2, 0) is 11.2 Å². The molecule has 5 heteroatoms. The van der Waals surface area contributed by atoms with Crippen LogP contribution >= 0.6 is 0 Å². The second-order valence-electron chi connectivity index (χ2n) is 5.70. The molecule has 0 fully saturated rings. The molecule has 1 aliphatic rings. The summed E-state index contributed by atoms with van der Waals surface area (Å²) in [6, 6.07) is 13.8. The second kappa shape index (κ2) is 7.84. The van der Waals surface area contributed by atoms with Crippen LogP contribution in [0.3, 0.4) is 0 Å². The van der Waals surface area contributed by atoms with Crippen molar-refractivity contribution in [2.45, 2.75) is 25.3 Å². The maximum atomic E-state index is 10.8. The van der Waals surface area contributed by atoms with Gasteiger partial charge in [0.05, 0.1) is 20.1 Å². The van der Waals surface area contributed by atoms with E-state index in [1.807, 2.05) is 43.3 Å². The SMILES string of the molecule is COc1cc2c(cc1OC)[C@H](C(=O)O)C2.C[C@H](N)c1ccccc1. The Hall–Kier alpha value is -2.53. The van der Waals surface area contributed by atoms with Crippen molar-refractivity contribution in [1.82, 2.24) is 0 Å². The van der Waals surface area contributed by atoms with Gasteiger partial charge in [-0.3, -0.25) is 4.79 Å². The summed E-state index contributed by atoms with van der Waals surface area (Å²) < 4.78 is 10.2. The summed E-state index contributed by atoms with van der Waals surface area (Å²) >= 11 is 0. The first-order valence-electron chi connectivity index (χ1n) is 7.76. The lowest BCUT2D eigenvalue weighted by atomic mass is 9.77. The fourth-order valence-corrected chi connectivity index (χ4v) is 2.61. The van der Waals surface area contributed by atoms with Crippen LogP contribution in [0.25, 0.3) is 0 Å². The van der Waals surface area contributed by atoms with Gasteiger partial charge in [-0.2, -0.15) is 0 Å². The third-order valence-corrected chi connectivity index (χ3v) is 4.07. The lowest BCUT2D eigenvalue weighted by Gasteiger charge is -2.27. The summed E-state index contributed by atoms with van der Waals surface area (Å²) in [5.74, 6) is 0.0665. The van der Waals surface area contributed by atoms with Crippen LogP contribution in [0.15, 0.2) is 42.5 Å². The van der Waals surface area contributed by atoms with Gasteiger partial charge in [-0.25, -0.2) is 0 Å². The molecule has 0 saturated carbocycles. The quantitative estimate of drug-likeness (QED) is 0.900. The van der Waals surface area contributed by atoms with Crippen molar-refractivity contribution >= 4 is 5.97 Å². The molecule has 0 amide bonds. The average molecular weight is 329 g/mol. The van der Waals surface area contributed by atoms with E-state index >= 15 is 0 Å². The van der Waals surface area contributed by atoms with Gasteiger partial charge >= 0.3 is 5.97 Å². The van der Waals surface area contributed by atoms with E-state index in [0.29, 0.717) is 17.9 Å². The number of ether oxygens (including phenoxy) is 2. The Labute approximate surface area is 142 Å². The van der Waals surface area contributed by atoms with E-state index in [-0.39, 0.29) is 12.0 Å². The van der Waals surface area contributed by atoms with E-state index in [9.17, 15) is 4.79 Å². The number of carboxylic acids is 1. The van der Waals surface area contributed by atoms with Gasteiger partial charge in [0, 0.05) is 6.04 Å². The smallest absolute Gasteiger partial charge is 0.311 e. The zero-order chi connectivity index (χ0) is 17.7. The molecule has 1 aliphatic carbocycles. The van der Waals surface area contributed by atoms with E-state index in [1.165, 1.54) is 5.56 Å². The third-order valence-electron chi connectivity index (χ3n) is 4.07. The Morgan fingerprint density at radius 3 is 2.21 bits per heavy atom. The van der Waals surface area contributed by atoms with Crippen LogP contribution in [0.5, 0.6) is 11.5 Å². The highest BCUT2D eigenvalue weighted by atomic mass is 16.5. The number of nitrogens with two attached hydrogens (primary N) is 1. The fourth-order valence-electron chi connectivity index (χ4n) is 2.61. The molecule has 0 radical (unpaired) electrons. The Morgan fingerprint density at radius 2 is 1.75 bits per heavy atom. The largest absolute Gasteiger partial charge is 0.493 e. The molecular weight excluding hydrogens is 306 g/mol. The van der Waals surface area contributed by atoms with Crippen molar-refractivity contribution in [3.05, 3.63) is 59.2 Å². The molecule has 0 unspecified atom stereocenters. The number of methoxy groups -OCH3 is 2. The molecular formula is C19H23NO4. The summed E-state index contributed by atoms with van der Waals surface area (Å²) in [7, 11) is 3.11. The van der Waals surface area contributed by atoms with Gasteiger partial charge in [-0.15, -0.1) is 0 Å². The van der Waals surface area contributed by atoms with E-state index in [2.05, 4.69) is 0 Å². The summed E-state index contributed by atoms with van der Waals surface area (Å²) in [5, 5.41) is 8.90. The standard InChI is InChI=1S/C11H12O4.C8H11N/c1-14-9-4-6-3-8(11(12)13)7(6)5-10(9)15-2;1-7(9)8-5-3-2-4-6-8/h4-5,8H,3H2,1-2H3,(H,12,13);2-7H,9H2,1H3/t8-;7-/m10/s1. The van der Waals surface area contributed by atoms with Crippen LogP contribution in [0, 0.1) is 0 Å². The Morgan fingerprint density at radius 1 is 1.17 bits per heavy atom. The molecule has 2 aromatic carbocycles. The lowest BCUT2D eigenvalue weighted by Crippen LogP contribution is -2.25. The molecule has 3 N–H and O–H groups in total. The Kier molecular flexibility index (Phi) is 5.82. The molecule has 0 bridgehead atoms. The van der Waals surface area contributed by atoms with Gasteiger partial charge in [-0.1, -0.05) is 30.3 Å². The van der Waals surface area contributed by atoms with Crippen LogP contribution in [0.4, 0.5) is 0 Å². The molecule has 0 aromatic heterocycles. The molecule has 3 rings (SSSR count). The zero-order valence-corrected chi connectivity index (χ0v) is 14.2. The van der Waals surface area contributed by atoms with Gasteiger partial charge in [0.2, 0.25) is 0 Å². The third kappa shape index (κ3) is 3.86. The first-order valence-corrected chi connectivity index (χ1v) is 7.76. The summed E-state index contributed by atoms with van der Waals surface area (Å²) in [6.45, 7) is 1.98. The average Bonchev–Trinajstić information content (AvgIpc) is 2.56. The summed E-state index contributed by atoms with van der Waals surface area (Å²) in [5.41, 5.74) is 8.67. The number of carboxylic acid groups (broad SMARTS) is 1. The number of carbonyl (C=O) groups is 1. The lowest BCUT2D eigenvalue weighted by molar-refractivity contribution is -0.139. The van der Waals surface area contributed by atoms with E-state index in [4.69, 9.17) is 20.3 Å². The second-order valence-corrected chi connectivity index (χ2v) is 5.70. The molecule has 0 heterocycles. The Bertz CT molecular complexity index is 698. The maximum absolute atomic E-state index is 10.8. The summed E-state index contributed by atoms with van der Waals surface area (Å²) in [6.07, 6.45) is 0.574. The van der Waals surface area contributed by atoms with Crippen molar-refractivity contribution in [1.29, 1.82) is 0 Å². The highest BCUT2D eigenvalue weighted by molar-refractivity contribution is 5.81. The van der Waals surface area contributed by atoms with Gasteiger partial charge in [0.25, 0.3) is 0 Å². The first kappa shape index (κ1) is 17.8. The highest BCUT2D eigenvalue weighted by Gasteiger charge is 2.33. The number of hydrogen-bond acceptors (Lipinski definition) is 4. The van der Waals surface area contributed by atoms with E-state index in [1.54, 1.807) is 20.3 Å². The molecule has 2 aromatic rings. The highest BCUT2D eigenvalue weighted by Crippen LogP contribution is 2.42. The molecule has 2 atom stereocenters. The maximum Gasteiger partial charge on any atom is 0.311 e. The van der Waals surface area contributed by atoms with Crippen molar-refractivity contribution in [3.63, 3.8) is 0 Å². The van der Waals surface area contributed by atoms with Gasteiger partial charge in [0.1, 0.15) is 0 Å². The minimum absolute atomic E-state index is 0.159. The minimum Gasteiger partial charge on any atom is -0.493 e. The topological polar surface area (TPSA) is 81.8 Å². The number of hydrogen-bond donors (Lipinski definition) is 2. The number of rotatable bonds is 4. The normalized spacial score (nSPS) is 15.9. The van der Waals surface area contributed by atoms with Crippen LogP contribution in [-0.4, -0.2) is 25.3 Å². The Balaban J connectivity index is 0.000000198. The molecule has 0 aliphatic heterocycles. The van der Waals surface area contributed by atoms with Crippen molar-refractivity contribution < 1.29 is 19.4 Å². The molecule has 0 spiro atoms. The van der Waals surface area contributed by atoms with Gasteiger partial charge < -0.3 is 20.3 Å². The van der Waals surface area contributed by atoms with Crippen LogP contribution in [0.2, 0.25) is 0 Å². The number of fused-ring (bicyclic) bond motifs is 1. The number of benzene rings is 2. The molecule has 24 heavy (non-hydrogen) atoms. The first-order chi connectivity index (χ1) is 11.5. The fraction of sp³-hybridized carbons (Fsp3) is 0.316. The van der Waals surface area contributed by atoms with Crippen molar-refractivity contribution in [2.24, 2.45) is 5.73 Å². The summed E-state index contributed by atoms with van der Waals surface area (Å²) in [4.78, 5) is 10.8. The van der Waals surface area contributed by atoms with Crippen LogP contribution < -0.4 is 15.2 Å². The molecule has 5 nitrogen and oxygen atoms in total. The van der Waals surface area contributed by atoms with E-state index in [0.717, 1.165) is 11.1 Å². The van der Waals surface area contributed by atoms with Gasteiger partial charge in [0.15, 0.2) is 11.5 Å².